The van der Waals surface area contributed by atoms with Crippen LogP contribution in [0.5, 0.6) is 0 Å². The number of Topliss-reactive ketones (excluding diaryl/α,β-unsaturated/α-hetero) is 1. The quantitative estimate of drug-likeness (QED) is 0.305. The van der Waals surface area contributed by atoms with Gasteiger partial charge in [-0.25, -0.2) is 4.98 Å². The van der Waals surface area contributed by atoms with E-state index in [2.05, 4.69) is 4.98 Å². The molecule has 0 spiro atoms. The van der Waals surface area contributed by atoms with Crippen LogP contribution in [0.3, 0.4) is 0 Å². The van der Waals surface area contributed by atoms with Gasteiger partial charge in [0.2, 0.25) is 0 Å². The van der Waals surface area contributed by atoms with E-state index in [1.165, 1.54) is 11.8 Å². The zero-order chi connectivity index (χ0) is 19.0. The highest BCUT2D eigenvalue weighted by Gasteiger charge is 2.16. The second kappa shape index (κ2) is 7.21. The van der Waals surface area contributed by atoms with Crippen molar-refractivity contribution in [3.63, 3.8) is 0 Å². The summed E-state index contributed by atoms with van der Waals surface area (Å²) in [5, 5.41) is 2.03. The average molecular weight is 398 g/mol. The summed E-state index contributed by atoms with van der Waals surface area (Å²) in [7, 11) is 0. The maximum atomic E-state index is 12.9. The van der Waals surface area contributed by atoms with E-state index in [-0.39, 0.29) is 17.1 Å². The highest BCUT2D eigenvalue weighted by Crippen LogP contribution is 2.25. The van der Waals surface area contributed by atoms with E-state index >= 15 is 0 Å². The number of fused-ring (bicyclic) bond motifs is 3. The third kappa shape index (κ3) is 3.26. The Balaban J connectivity index is 1.72. The van der Waals surface area contributed by atoms with Crippen molar-refractivity contribution >= 4 is 51.1 Å². The zero-order valence-corrected chi connectivity index (χ0v) is 16.1. The van der Waals surface area contributed by atoms with Crippen LogP contribution in [0.1, 0.15) is 17.3 Å². The van der Waals surface area contributed by atoms with Crippen LogP contribution >= 0.6 is 23.4 Å². The molecule has 0 aliphatic carbocycles. The number of hydrogen-bond acceptors (Lipinski definition) is 4. The summed E-state index contributed by atoms with van der Waals surface area (Å²) in [6.07, 6.45) is 0. The monoisotopic (exact) mass is 397 g/mol. The molecule has 0 saturated heterocycles. The number of halogens is 1. The molecule has 1 N–H and O–H groups in total. The highest BCUT2D eigenvalue weighted by atomic mass is 35.5. The molecule has 0 amide bonds. The Bertz CT molecular complexity index is 1210. The number of thioether (sulfide) groups is 1. The van der Waals surface area contributed by atoms with E-state index in [9.17, 15) is 9.59 Å². The molecule has 0 saturated carbocycles. The molecular formula is C20H16ClN3O2S. The van der Waals surface area contributed by atoms with Crippen LogP contribution in [0.2, 0.25) is 5.02 Å². The molecule has 2 aromatic heterocycles. The Kier molecular flexibility index (Phi) is 4.76. The molecule has 4 aromatic rings. The van der Waals surface area contributed by atoms with E-state index in [0.29, 0.717) is 33.3 Å². The lowest BCUT2D eigenvalue weighted by Crippen LogP contribution is -2.23. The van der Waals surface area contributed by atoms with Crippen molar-refractivity contribution in [2.75, 3.05) is 5.75 Å². The maximum Gasteiger partial charge on any atom is 0.278 e. The summed E-state index contributed by atoms with van der Waals surface area (Å²) in [4.78, 5) is 33.2. The van der Waals surface area contributed by atoms with Crippen LogP contribution in [0.4, 0.5) is 0 Å². The predicted octanol–water partition coefficient (Wildman–Crippen LogP) is 4.53. The van der Waals surface area contributed by atoms with Gasteiger partial charge in [0, 0.05) is 28.0 Å². The number of carbonyl (C=O) groups is 1. The van der Waals surface area contributed by atoms with Gasteiger partial charge >= 0.3 is 0 Å². The van der Waals surface area contributed by atoms with Gasteiger partial charge in [0.05, 0.1) is 5.75 Å². The van der Waals surface area contributed by atoms with Crippen LogP contribution in [0.15, 0.2) is 58.5 Å². The lowest BCUT2D eigenvalue weighted by Gasteiger charge is -2.09. The van der Waals surface area contributed by atoms with Crippen molar-refractivity contribution < 1.29 is 4.79 Å². The first-order chi connectivity index (χ1) is 13.1. The summed E-state index contributed by atoms with van der Waals surface area (Å²) in [6.45, 7) is 2.37. The second-order valence-electron chi connectivity index (χ2n) is 6.06. The van der Waals surface area contributed by atoms with E-state index in [1.807, 2.05) is 31.2 Å². The van der Waals surface area contributed by atoms with Gasteiger partial charge in [0.1, 0.15) is 11.0 Å². The fraction of sp³-hybridized carbons (Fsp3) is 0.150. The maximum absolute atomic E-state index is 12.9. The molecule has 5 nitrogen and oxygen atoms in total. The van der Waals surface area contributed by atoms with Gasteiger partial charge in [-0.2, -0.15) is 0 Å². The van der Waals surface area contributed by atoms with E-state index in [0.717, 1.165) is 10.9 Å². The Morgan fingerprint density at radius 3 is 2.67 bits per heavy atom. The van der Waals surface area contributed by atoms with Gasteiger partial charge in [-0.1, -0.05) is 41.6 Å². The Hall–Kier alpha value is -2.57. The van der Waals surface area contributed by atoms with Gasteiger partial charge in [0.25, 0.3) is 5.56 Å². The first-order valence-electron chi connectivity index (χ1n) is 8.51. The van der Waals surface area contributed by atoms with Gasteiger partial charge in [-0.3, -0.25) is 14.2 Å². The number of rotatable bonds is 5. The van der Waals surface area contributed by atoms with Crippen LogP contribution in [-0.2, 0) is 6.54 Å². The van der Waals surface area contributed by atoms with E-state index in [1.54, 1.807) is 28.8 Å². The number of nitrogens with one attached hydrogen (secondary N) is 1. The minimum absolute atomic E-state index is 0.0346. The normalized spacial score (nSPS) is 11.3. The number of hydrogen-bond donors (Lipinski definition) is 1. The minimum atomic E-state index is -0.125. The Morgan fingerprint density at radius 1 is 1.19 bits per heavy atom. The summed E-state index contributed by atoms with van der Waals surface area (Å²) in [5.74, 6) is 0.162. The molecule has 0 aliphatic rings. The SMILES string of the molecule is CCn1c(SCC(=O)c2ccc(Cl)cc2)nc2c([nH]c3ccccc32)c1=O. The molecule has 0 bridgehead atoms. The predicted molar refractivity (Wildman–Crippen MR) is 110 cm³/mol. The van der Waals surface area contributed by atoms with Crippen molar-refractivity contribution in [3.8, 4) is 0 Å². The molecule has 2 heterocycles. The lowest BCUT2D eigenvalue weighted by molar-refractivity contribution is 0.102. The van der Waals surface area contributed by atoms with Crippen molar-refractivity contribution in [2.24, 2.45) is 0 Å². The molecule has 136 valence electrons. The number of para-hydroxylation sites is 1. The first kappa shape index (κ1) is 17.8. The number of carbonyl (C=O) groups excluding carboxylic acids is 1. The number of benzene rings is 2. The molecule has 0 unspecified atom stereocenters. The number of aromatic nitrogens is 3. The molecule has 0 aliphatic heterocycles. The molecule has 0 fully saturated rings. The van der Waals surface area contributed by atoms with Crippen LogP contribution in [-0.4, -0.2) is 26.1 Å². The molecule has 7 heteroatoms. The van der Waals surface area contributed by atoms with Crippen LogP contribution in [0.25, 0.3) is 21.9 Å². The Morgan fingerprint density at radius 2 is 1.93 bits per heavy atom. The fourth-order valence-electron chi connectivity index (χ4n) is 3.01. The zero-order valence-electron chi connectivity index (χ0n) is 14.5. The van der Waals surface area contributed by atoms with Crippen molar-refractivity contribution in [3.05, 3.63) is 69.5 Å². The minimum Gasteiger partial charge on any atom is -0.349 e. The molecule has 4 rings (SSSR count). The van der Waals surface area contributed by atoms with Gasteiger partial charge in [-0.15, -0.1) is 0 Å². The summed E-state index contributed by atoms with van der Waals surface area (Å²) in [6, 6.07) is 14.5. The van der Waals surface area contributed by atoms with Gasteiger partial charge in [0.15, 0.2) is 10.9 Å². The summed E-state index contributed by atoms with van der Waals surface area (Å²) >= 11 is 7.15. The molecule has 0 radical (unpaired) electrons. The van der Waals surface area contributed by atoms with Gasteiger partial charge < -0.3 is 4.98 Å². The second-order valence-corrected chi connectivity index (χ2v) is 7.44. The largest absolute Gasteiger partial charge is 0.349 e. The molecular weight excluding hydrogens is 382 g/mol. The summed E-state index contributed by atoms with van der Waals surface area (Å²) in [5.41, 5.74) is 2.47. The number of aromatic amines is 1. The number of nitrogens with zero attached hydrogens (tertiary/aromatic N) is 2. The van der Waals surface area contributed by atoms with E-state index < -0.39 is 0 Å². The lowest BCUT2D eigenvalue weighted by atomic mass is 10.1. The molecule has 2 aromatic carbocycles. The number of ketones is 1. The topological polar surface area (TPSA) is 67.8 Å². The molecule has 0 atom stereocenters. The smallest absolute Gasteiger partial charge is 0.278 e. The number of H-pyrrole nitrogens is 1. The van der Waals surface area contributed by atoms with Crippen LogP contribution in [0, 0.1) is 0 Å². The standard InChI is InChI=1S/C20H16ClN3O2S/c1-2-24-19(26)18-17(14-5-3-4-6-15(14)22-18)23-20(24)27-11-16(25)12-7-9-13(21)10-8-12/h3-10,22H,2,11H2,1H3. The third-order valence-electron chi connectivity index (χ3n) is 4.39. The van der Waals surface area contributed by atoms with Crippen molar-refractivity contribution in [1.82, 2.24) is 14.5 Å². The highest BCUT2D eigenvalue weighted by molar-refractivity contribution is 7.99. The first-order valence-corrected chi connectivity index (χ1v) is 9.87. The molecule has 27 heavy (non-hydrogen) atoms. The summed E-state index contributed by atoms with van der Waals surface area (Å²) < 4.78 is 1.59. The van der Waals surface area contributed by atoms with Gasteiger partial charge in [-0.05, 0) is 37.3 Å². The van der Waals surface area contributed by atoms with Crippen molar-refractivity contribution in [2.45, 2.75) is 18.6 Å². The average Bonchev–Trinajstić information content (AvgIpc) is 3.06. The van der Waals surface area contributed by atoms with Crippen LogP contribution < -0.4 is 5.56 Å². The fourth-order valence-corrected chi connectivity index (χ4v) is 4.09. The third-order valence-corrected chi connectivity index (χ3v) is 5.62. The van der Waals surface area contributed by atoms with Crippen molar-refractivity contribution in [1.29, 1.82) is 0 Å². The van der Waals surface area contributed by atoms with E-state index in [4.69, 9.17) is 16.6 Å². The Labute approximate surface area is 164 Å².